The Bertz CT molecular complexity index is 812. The fourth-order valence-corrected chi connectivity index (χ4v) is 4.43. The fourth-order valence-electron chi connectivity index (χ4n) is 1.62. The largest absolute Gasteiger partial charge is 0.398 e. The lowest BCUT2D eigenvalue weighted by Crippen LogP contribution is -2.15. The molecule has 1 aromatic heterocycles. The van der Waals surface area contributed by atoms with Crippen LogP contribution < -0.4 is 10.5 Å². The van der Waals surface area contributed by atoms with Crippen molar-refractivity contribution in [2.24, 2.45) is 0 Å². The number of aromatic nitrogens is 1. The van der Waals surface area contributed by atoms with E-state index in [9.17, 15) is 8.42 Å². The first-order valence-corrected chi connectivity index (χ1v) is 9.06. The quantitative estimate of drug-likeness (QED) is 0.542. The minimum Gasteiger partial charge on any atom is -0.398 e. The third-order valence-electron chi connectivity index (χ3n) is 2.62. The number of sulfonamides is 1. The van der Waals surface area contributed by atoms with E-state index in [1.165, 1.54) is 12.1 Å². The fraction of sp³-hybridized carbons (Fsp3) is 0.0833. The zero-order valence-corrected chi connectivity index (χ0v) is 15.4. The third-order valence-corrected chi connectivity index (χ3v) is 5.81. The van der Waals surface area contributed by atoms with E-state index < -0.39 is 10.0 Å². The van der Waals surface area contributed by atoms with Crippen LogP contribution in [0.25, 0.3) is 0 Å². The lowest BCUT2D eigenvalue weighted by Gasteiger charge is -2.13. The first-order chi connectivity index (χ1) is 9.70. The van der Waals surface area contributed by atoms with Gasteiger partial charge in [0.05, 0.1) is 15.9 Å². The van der Waals surface area contributed by atoms with Gasteiger partial charge in [-0.05, 0) is 63.0 Å². The highest BCUT2D eigenvalue weighted by atomic mass is 79.9. The summed E-state index contributed by atoms with van der Waals surface area (Å²) in [5, 5.41) is 0.238. The summed E-state index contributed by atoms with van der Waals surface area (Å²) in [6.45, 7) is 1.70. The van der Waals surface area contributed by atoms with Crippen LogP contribution >= 0.6 is 43.5 Å². The number of nitrogens with zero attached hydrogens (tertiary/aromatic N) is 1. The van der Waals surface area contributed by atoms with E-state index in [1.54, 1.807) is 19.1 Å². The Morgan fingerprint density at radius 3 is 2.57 bits per heavy atom. The number of nitrogens with one attached hydrogen (secondary N) is 1. The van der Waals surface area contributed by atoms with Crippen LogP contribution in [0.15, 0.2) is 38.2 Å². The number of hydrogen-bond donors (Lipinski definition) is 2. The molecule has 0 bridgehead atoms. The van der Waals surface area contributed by atoms with Crippen LogP contribution in [0, 0.1) is 6.92 Å². The lowest BCUT2D eigenvalue weighted by atomic mass is 10.3. The van der Waals surface area contributed by atoms with Crippen LogP contribution in [0.5, 0.6) is 0 Å². The van der Waals surface area contributed by atoms with E-state index >= 15 is 0 Å². The van der Waals surface area contributed by atoms with Gasteiger partial charge in [-0.1, -0.05) is 11.6 Å². The molecule has 0 saturated carbocycles. The van der Waals surface area contributed by atoms with Gasteiger partial charge in [-0.15, -0.1) is 0 Å². The number of benzene rings is 1. The predicted octanol–water partition coefficient (Wildman–Crippen LogP) is 3.95. The molecule has 0 atom stereocenters. The topological polar surface area (TPSA) is 85.1 Å². The molecule has 1 heterocycles. The monoisotopic (exact) mass is 453 g/mol. The minimum atomic E-state index is -3.84. The Morgan fingerprint density at radius 1 is 1.29 bits per heavy atom. The van der Waals surface area contributed by atoms with Gasteiger partial charge in [0.1, 0.15) is 9.50 Å². The zero-order valence-electron chi connectivity index (χ0n) is 10.7. The SMILES string of the molecule is Cc1nc(Br)ccc1NS(=O)(=O)c1cc(Cl)cc(N)c1Br. The van der Waals surface area contributed by atoms with E-state index in [4.69, 9.17) is 17.3 Å². The highest BCUT2D eigenvalue weighted by molar-refractivity contribution is 9.10. The summed E-state index contributed by atoms with van der Waals surface area (Å²) >= 11 is 12.3. The van der Waals surface area contributed by atoms with Crippen LogP contribution in [0.1, 0.15) is 5.69 Å². The molecule has 0 saturated heterocycles. The lowest BCUT2D eigenvalue weighted by molar-refractivity contribution is 0.600. The molecule has 1 aromatic carbocycles. The molecule has 0 aliphatic heterocycles. The molecule has 0 unspecified atom stereocenters. The highest BCUT2D eigenvalue weighted by Gasteiger charge is 2.21. The van der Waals surface area contributed by atoms with Gasteiger partial charge in [-0.3, -0.25) is 4.72 Å². The Kier molecular flexibility index (Phi) is 4.82. The highest BCUT2D eigenvalue weighted by Crippen LogP contribution is 2.32. The Hall–Kier alpha value is -0.830. The van der Waals surface area contributed by atoms with Crippen molar-refractivity contribution in [2.75, 3.05) is 10.5 Å². The standard InChI is InChI=1S/C12H10Br2ClN3O2S/c1-6-9(2-3-11(13)17-6)18-21(19,20)10-5-7(15)4-8(16)12(10)14/h2-5,18H,16H2,1H3. The molecule has 3 N–H and O–H groups in total. The molecule has 112 valence electrons. The Morgan fingerprint density at radius 2 is 1.95 bits per heavy atom. The summed E-state index contributed by atoms with van der Waals surface area (Å²) in [6.07, 6.45) is 0. The average molecular weight is 456 g/mol. The van der Waals surface area contributed by atoms with Crippen molar-refractivity contribution < 1.29 is 8.42 Å². The molecule has 0 amide bonds. The summed E-state index contributed by atoms with van der Waals surface area (Å²) in [5.41, 5.74) is 6.88. The Balaban J connectivity index is 2.48. The molecule has 21 heavy (non-hydrogen) atoms. The Labute approximate surface area is 144 Å². The summed E-state index contributed by atoms with van der Waals surface area (Å²) in [7, 11) is -3.84. The van der Waals surface area contributed by atoms with Crippen molar-refractivity contribution in [3.63, 3.8) is 0 Å². The van der Waals surface area contributed by atoms with Crippen molar-refractivity contribution in [2.45, 2.75) is 11.8 Å². The van der Waals surface area contributed by atoms with E-state index in [0.717, 1.165) is 0 Å². The molecule has 2 rings (SSSR count). The summed E-state index contributed by atoms with van der Waals surface area (Å²) < 4.78 is 28.3. The van der Waals surface area contributed by atoms with Crippen molar-refractivity contribution in [1.82, 2.24) is 4.98 Å². The number of anilines is 2. The number of hydrogen-bond acceptors (Lipinski definition) is 4. The van der Waals surface area contributed by atoms with Gasteiger partial charge < -0.3 is 5.73 Å². The molecule has 0 aliphatic carbocycles. The van der Waals surface area contributed by atoms with Gasteiger partial charge in [0.25, 0.3) is 10.0 Å². The first kappa shape index (κ1) is 16.5. The second kappa shape index (κ2) is 6.12. The molecule has 0 aliphatic rings. The zero-order chi connectivity index (χ0) is 15.8. The summed E-state index contributed by atoms with van der Waals surface area (Å²) in [4.78, 5) is 4.10. The maximum absolute atomic E-state index is 12.5. The number of aryl methyl sites for hydroxylation is 1. The molecule has 0 spiro atoms. The second-order valence-corrected chi connectivity index (χ2v) is 7.87. The normalized spacial score (nSPS) is 11.4. The molecule has 0 radical (unpaired) electrons. The van der Waals surface area contributed by atoms with E-state index in [1.807, 2.05) is 0 Å². The maximum atomic E-state index is 12.5. The van der Waals surface area contributed by atoms with Crippen LogP contribution in [0.2, 0.25) is 5.02 Å². The van der Waals surface area contributed by atoms with Crippen LogP contribution in [0.4, 0.5) is 11.4 Å². The van der Waals surface area contributed by atoms with Gasteiger partial charge in [0.15, 0.2) is 0 Å². The van der Waals surface area contributed by atoms with Gasteiger partial charge >= 0.3 is 0 Å². The third kappa shape index (κ3) is 3.68. The average Bonchev–Trinajstić information content (AvgIpc) is 2.37. The number of pyridine rings is 1. The first-order valence-electron chi connectivity index (χ1n) is 5.61. The summed E-state index contributed by atoms with van der Waals surface area (Å²) in [6, 6.07) is 6.06. The van der Waals surface area contributed by atoms with E-state index in [2.05, 4.69) is 41.6 Å². The van der Waals surface area contributed by atoms with Gasteiger partial charge in [0, 0.05) is 10.7 Å². The van der Waals surface area contributed by atoms with Crippen LogP contribution in [-0.4, -0.2) is 13.4 Å². The van der Waals surface area contributed by atoms with Crippen LogP contribution in [-0.2, 0) is 10.0 Å². The van der Waals surface area contributed by atoms with Gasteiger partial charge in [-0.2, -0.15) is 0 Å². The molecular weight excluding hydrogens is 445 g/mol. The number of halogens is 3. The summed E-state index contributed by atoms with van der Waals surface area (Å²) in [5.74, 6) is 0. The molecule has 0 fully saturated rings. The van der Waals surface area contributed by atoms with Crippen molar-refractivity contribution in [3.05, 3.63) is 44.1 Å². The van der Waals surface area contributed by atoms with Crippen molar-refractivity contribution >= 4 is 64.9 Å². The smallest absolute Gasteiger partial charge is 0.263 e. The van der Waals surface area contributed by atoms with Crippen LogP contribution in [0.3, 0.4) is 0 Å². The van der Waals surface area contributed by atoms with Crippen molar-refractivity contribution in [1.29, 1.82) is 0 Å². The molecule has 9 heteroatoms. The van der Waals surface area contributed by atoms with E-state index in [-0.39, 0.29) is 20.1 Å². The maximum Gasteiger partial charge on any atom is 0.263 e. The predicted molar refractivity (Wildman–Crippen MR) is 91.0 cm³/mol. The number of rotatable bonds is 3. The van der Waals surface area contributed by atoms with Gasteiger partial charge in [-0.25, -0.2) is 13.4 Å². The van der Waals surface area contributed by atoms with Gasteiger partial charge in [0.2, 0.25) is 0 Å². The molecule has 5 nitrogen and oxygen atoms in total. The molecular formula is C12H10Br2ClN3O2S. The number of nitrogens with two attached hydrogens (primary N) is 1. The van der Waals surface area contributed by atoms with Crippen molar-refractivity contribution in [3.8, 4) is 0 Å². The molecule has 2 aromatic rings. The number of nitrogen functional groups attached to an aromatic ring is 1. The minimum absolute atomic E-state index is 0.0326. The van der Waals surface area contributed by atoms with E-state index in [0.29, 0.717) is 16.0 Å². The second-order valence-electron chi connectivity index (χ2n) is 4.18.